The van der Waals surface area contributed by atoms with Crippen molar-refractivity contribution in [2.75, 3.05) is 6.54 Å². The van der Waals surface area contributed by atoms with Crippen LogP contribution in [0, 0.1) is 3.83 Å². The predicted octanol–water partition coefficient (Wildman–Crippen LogP) is 2.24. The fourth-order valence-corrected chi connectivity index (χ4v) is 2.42. The van der Waals surface area contributed by atoms with Gasteiger partial charge >= 0.3 is 6.09 Å². The second kappa shape index (κ2) is 4.47. The standard InChI is InChI=1S/C11H16IN3O2/c1-11(2,3)17-10(16)14-4-5-15-8(7-14)6-13-9(15)12/h6H,4-5,7H2,1-3H3. The van der Waals surface area contributed by atoms with E-state index in [9.17, 15) is 4.79 Å². The van der Waals surface area contributed by atoms with Gasteiger partial charge in [0, 0.05) is 13.1 Å². The van der Waals surface area contributed by atoms with Gasteiger partial charge in [0.1, 0.15) is 5.60 Å². The topological polar surface area (TPSA) is 47.4 Å². The normalized spacial score (nSPS) is 15.6. The van der Waals surface area contributed by atoms with Crippen molar-refractivity contribution in [1.82, 2.24) is 14.5 Å². The lowest BCUT2D eigenvalue weighted by Crippen LogP contribution is -2.41. The van der Waals surface area contributed by atoms with Gasteiger partial charge in [-0.25, -0.2) is 9.78 Å². The van der Waals surface area contributed by atoms with Gasteiger partial charge in [0.05, 0.1) is 18.4 Å². The summed E-state index contributed by atoms with van der Waals surface area (Å²) in [7, 11) is 0. The third-order valence-electron chi connectivity index (χ3n) is 2.49. The van der Waals surface area contributed by atoms with Crippen LogP contribution in [0.25, 0.3) is 0 Å². The summed E-state index contributed by atoms with van der Waals surface area (Å²) in [5.41, 5.74) is 0.620. The first kappa shape index (κ1) is 12.7. The van der Waals surface area contributed by atoms with Gasteiger partial charge in [-0.3, -0.25) is 0 Å². The largest absolute Gasteiger partial charge is 0.444 e. The van der Waals surface area contributed by atoms with Gasteiger partial charge in [-0.05, 0) is 43.4 Å². The molecule has 0 unspecified atom stereocenters. The Labute approximate surface area is 114 Å². The molecule has 2 rings (SSSR count). The molecule has 0 fully saturated rings. The number of fused-ring (bicyclic) bond motifs is 1. The second-order valence-corrected chi connectivity index (χ2v) is 6.04. The molecule has 1 aromatic rings. The number of carbonyl (C=O) groups is 1. The Balaban J connectivity index is 2.05. The number of nitrogens with zero attached hydrogens (tertiary/aromatic N) is 3. The summed E-state index contributed by atoms with van der Waals surface area (Å²) < 4.78 is 8.45. The molecule has 5 nitrogen and oxygen atoms in total. The van der Waals surface area contributed by atoms with Gasteiger partial charge in [0.2, 0.25) is 0 Å². The van der Waals surface area contributed by atoms with Gasteiger partial charge < -0.3 is 14.2 Å². The average Bonchev–Trinajstić information content (AvgIpc) is 2.57. The van der Waals surface area contributed by atoms with E-state index in [1.807, 2.05) is 27.0 Å². The SMILES string of the molecule is CC(C)(C)OC(=O)N1CCn2c(cnc2I)C1. The Morgan fingerprint density at radius 2 is 2.18 bits per heavy atom. The molecule has 0 atom stereocenters. The first-order chi connectivity index (χ1) is 7.87. The summed E-state index contributed by atoms with van der Waals surface area (Å²) in [6.07, 6.45) is 1.57. The minimum absolute atomic E-state index is 0.250. The van der Waals surface area contributed by atoms with E-state index in [0.717, 1.165) is 16.1 Å². The summed E-state index contributed by atoms with van der Waals surface area (Å²) in [5, 5.41) is 0. The molecule has 94 valence electrons. The number of rotatable bonds is 0. The van der Waals surface area contributed by atoms with Crippen LogP contribution in [0.3, 0.4) is 0 Å². The van der Waals surface area contributed by atoms with E-state index in [4.69, 9.17) is 4.74 Å². The molecule has 0 saturated heterocycles. The Morgan fingerprint density at radius 3 is 2.82 bits per heavy atom. The van der Waals surface area contributed by atoms with Crippen molar-refractivity contribution in [3.05, 3.63) is 15.7 Å². The van der Waals surface area contributed by atoms with Crippen molar-refractivity contribution < 1.29 is 9.53 Å². The average molecular weight is 349 g/mol. The van der Waals surface area contributed by atoms with E-state index < -0.39 is 5.60 Å². The summed E-state index contributed by atoms with van der Waals surface area (Å²) in [6.45, 7) is 7.66. The minimum Gasteiger partial charge on any atom is -0.444 e. The van der Waals surface area contributed by atoms with Crippen molar-refractivity contribution in [2.24, 2.45) is 0 Å². The summed E-state index contributed by atoms with van der Waals surface area (Å²) in [6, 6.07) is 0. The van der Waals surface area contributed by atoms with E-state index in [-0.39, 0.29) is 6.09 Å². The Bertz CT molecular complexity index is 436. The van der Waals surface area contributed by atoms with E-state index in [1.165, 1.54) is 0 Å². The molecule has 0 bridgehead atoms. The van der Waals surface area contributed by atoms with Gasteiger partial charge in [-0.15, -0.1) is 0 Å². The lowest BCUT2D eigenvalue weighted by molar-refractivity contribution is 0.0198. The third kappa shape index (κ3) is 2.91. The molecule has 2 heterocycles. The van der Waals surface area contributed by atoms with Crippen LogP contribution in [0.2, 0.25) is 0 Å². The fourth-order valence-electron chi connectivity index (χ4n) is 1.73. The lowest BCUT2D eigenvalue weighted by Gasteiger charge is -2.30. The third-order valence-corrected chi connectivity index (χ3v) is 3.35. The maximum atomic E-state index is 11.9. The molecule has 1 aromatic heterocycles. The lowest BCUT2D eigenvalue weighted by atomic mass is 10.2. The van der Waals surface area contributed by atoms with E-state index in [0.29, 0.717) is 13.1 Å². The monoisotopic (exact) mass is 349 g/mol. The second-order valence-electron chi connectivity index (χ2n) is 5.07. The molecule has 1 aliphatic rings. The molecule has 0 N–H and O–H groups in total. The van der Waals surface area contributed by atoms with Crippen LogP contribution in [-0.2, 0) is 17.8 Å². The van der Waals surface area contributed by atoms with Crippen LogP contribution < -0.4 is 0 Å². The molecular weight excluding hydrogens is 333 g/mol. The van der Waals surface area contributed by atoms with Crippen LogP contribution >= 0.6 is 22.6 Å². The predicted molar refractivity (Wildman–Crippen MR) is 71.6 cm³/mol. The van der Waals surface area contributed by atoms with Crippen molar-refractivity contribution in [3.8, 4) is 0 Å². The molecule has 1 amide bonds. The highest BCUT2D eigenvalue weighted by Crippen LogP contribution is 2.18. The molecule has 0 saturated carbocycles. The zero-order valence-electron chi connectivity index (χ0n) is 10.2. The number of ether oxygens (including phenoxy) is 1. The molecule has 1 aliphatic heterocycles. The Kier molecular flexibility index (Phi) is 3.33. The number of halogens is 1. The Hall–Kier alpha value is -0.790. The number of amides is 1. The highest BCUT2D eigenvalue weighted by molar-refractivity contribution is 14.1. The van der Waals surface area contributed by atoms with Crippen LogP contribution in [0.1, 0.15) is 26.5 Å². The van der Waals surface area contributed by atoms with Crippen LogP contribution in [0.5, 0.6) is 0 Å². The molecule has 0 radical (unpaired) electrons. The molecule has 0 aliphatic carbocycles. The summed E-state index contributed by atoms with van der Waals surface area (Å²) in [5.74, 6) is 0. The number of imidazole rings is 1. The molecule has 6 heteroatoms. The maximum Gasteiger partial charge on any atom is 0.410 e. The zero-order valence-corrected chi connectivity index (χ0v) is 12.4. The van der Waals surface area contributed by atoms with Crippen molar-refractivity contribution >= 4 is 28.7 Å². The first-order valence-electron chi connectivity index (χ1n) is 5.54. The van der Waals surface area contributed by atoms with Crippen molar-refractivity contribution in [1.29, 1.82) is 0 Å². The van der Waals surface area contributed by atoms with Gasteiger partial charge in [0.25, 0.3) is 0 Å². The molecule has 0 spiro atoms. The van der Waals surface area contributed by atoms with E-state index in [2.05, 4.69) is 32.1 Å². The first-order valence-corrected chi connectivity index (χ1v) is 6.62. The van der Waals surface area contributed by atoms with Gasteiger partial charge in [-0.2, -0.15) is 0 Å². The number of hydrogen-bond acceptors (Lipinski definition) is 3. The smallest absolute Gasteiger partial charge is 0.410 e. The summed E-state index contributed by atoms with van der Waals surface area (Å²) >= 11 is 2.20. The van der Waals surface area contributed by atoms with Crippen molar-refractivity contribution in [3.63, 3.8) is 0 Å². The van der Waals surface area contributed by atoms with E-state index >= 15 is 0 Å². The van der Waals surface area contributed by atoms with Crippen LogP contribution in [-0.4, -0.2) is 32.7 Å². The van der Waals surface area contributed by atoms with Gasteiger partial charge in [-0.1, -0.05) is 0 Å². The van der Waals surface area contributed by atoms with E-state index in [1.54, 1.807) is 4.90 Å². The Morgan fingerprint density at radius 1 is 1.47 bits per heavy atom. The highest BCUT2D eigenvalue weighted by atomic mass is 127. The number of aromatic nitrogens is 2. The van der Waals surface area contributed by atoms with Crippen LogP contribution in [0.4, 0.5) is 4.79 Å². The zero-order chi connectivity index (χ0) is 12.6. The molecule has 17 heavy (non-hydrogen) atoms. The van der Waals surface area contributed by atoms with Gasteiger partial charge in [0.15, 0.2) is 3.83 Å². The summed E-state index contributed by atoms with van der Waals surface area (Å²) in [4.78, 5) is 17.9. The van der Waals surface area contributed by atoms with Crippen LogP contribution in [0.15, 0.2) is 6.20 Å². The van der Waals surface area contributed by atoms with Crippen molar-refractivity contribution in [2.45, 2.75) is 39.5 Å². The molecule has 0 aromatic carbocycles. The highest BCUT2D eigenvalue weighted by Gasteiger charge is 2.26. The fraction of sp³-hybridized carbons (Fsp3) is 0.636. The number of carbonyl (C=O) groups excluding carboxylic acids is 1. The number of hydrogen-bond donors (Lipinski definition) is 0. The maximum absolute atomic E-state index is 11.9. The quantitative estimate of drug-likeness (QED) is 0.675. The minimum atomic E-state index is -0.441. The molecular formula is C11H16IN3O2.